The van der Waals surface area contributed by atoms with Crippen LogP contribution in [0.1, 0.15) is 30.0 Å². The van der Waals surface area contributed by atoms with Crippen molar-refractivity contribution in [3.8, 4) is 0 Å². The van der Waals surface area contributed by atoms with Crippen molar-refractivity contribution >= 4 is 11.6 Å². The summed E-state index contributed by atoms with van der Waals surface area (Å²) >= 11 is 0. The Morgan fingerprint density at radius 2 is 2.20 bits per heavy atom. The fraction of sp³-hybridized carbons (Fsp3) is 0.357. The number of amides is 1. The van der Waals surface area contributed by atoms with Gasteiger partial charge in [-0.25, -0.2) is 0 Å². The Balaban J connectivity index is 2.01. The van der Waals surface area contributed by atoms with Gasteiger partial charge in [-0.3, -0.25) is 14.5 Å². The molecule has 0 aliphatic heterocycles. The summed E-state index contributed by atoms with van der Waals surface area (Å²) in [5.41, 5.74) is 8.86. The van der Waals surface area contributed by atoms with E-state index in [0.717, 1.165) is 17.1 Å². The number of carbonyl (C=O) groups excluding carboxylic acids is 1. The minimum atomic E-state index is -0.141. The maximum absolute atomic E-state index is 12.0. The van der Waals surface area contributed by atoms with E-state index in [9.17, 15) is 4.79 Å². The highest BCUT2D eigenvalue weighted by atomic mass is 16.2. The summed E-state index contributed by atoms with van der Waals surface area (Å²) in [7, 11) is 0. The van der Waals surface area contributed by atoms with Crippen LogP contribution in [0.5, 0.6) is 0 Å². The summed E-state index contributed by atoms with van der Waals surface area (Å²) in [6.45, 7) is 5.73. The third-order valence-corrected chi connectivity index (χ3v) is 3.24. The lowest BCUT2D eigenvalue weighted by atomic mass is 10.2. The van der Waals surface area contributed by atoms with Crippen LogP contribution < -0.4 is 11.1 Å². The maximum Gasteiger partial charge on any atom is 0.242 e. The Kier molecular flexibility index (Phi) is 4.02. The van der Waals surface area contributed by atoms with Gasteiger partial charge in [0.15, 0.2) is 0 Å². The predicted octanol–water partition coefficient (Wildman–Crippen LogP) is 1.35. The van der Waals surface area contributed by atoms with Crippen molar-refractivity contribution in [3.63, 3.8) is 0 Å². The highest BCUT2D eigenvalue weighted by Crippen LogP contribution is 2.14. The highest BCUT2D eigenvalue weighted by molar-refractivity contribution is 5.76. The second-order valence-electron chi connectivity index (χ2n) is 4.79. The molecule has 0 aromatic carbocycles. The Labute approximate surface area is 118 Å². The molecule has 2 rings (SSSR count). The lowest BCUT2D eigenvalue weighted by molar-refractivity contribution is -0.122. The summed E-state index contributed by atoms with van der Waals surface area (Å²) < 4.78 is 1.62. The molecule has 0 saturated carbocycles. The van der Waals surface area contributed by atoms with Gasteiger partial charge >= 0.3 is 0 Å². The molecule has 106 valence electrons. The van der Waals surface area contributed by atoms with E-state index in [1.807, 2.05) is 39.0 Å². The van der Waals surface area contributed by atoms with E-state index < -0.39 is 0 Å². The number of nitrogens with two attached hydrogens (primary N) is 1. The standard InChI is InChI=1S/C14H19N5O/c1-9(12-6-4-5-7-16-12)17-13(20)8-19-11(3)14(15)10(2)18-19/h4-7,9H,8,15H2,1-3H3,(H,17,20). The Morgan fingerprint density at radius 3 is 2.75 bits per heavy atom. The zero-order valence-electron chi connectivity index (χ0n) is 11.9. The SMILES string of the molecule is Cc1nn(CC(=O)NC(C)c2ccccn2)c(C)c1N. The van der Waals surface area contributed by atoms with E-state index in [-0.39, 0.29) is 18.5 Å². The van der Waals surface area contributed by atoms with Gasteiger partial charge in [0, 0.05) is 6.20 Å². The first-order valence-corrected chi connectivity index (χ1v) is 6.48. The van der Waals surface area contributed by atoms with Gasteiger partial charge in [-0.2, -0.15) is 5.10 Å². The Bertz CT molecular complexity index is 606. The normalized spacial score (nSPS) is 12.2. The van der Waals surface area contributed by atoms with Crippen molar-refractivity contribution in [1.82, 2.24) is 20.1 Å². The summed E-state index contributed by atoms with van der Waals surface area (Å²) in [5.74, 6) is -0.117. The van der Waals surface area contributed by atoms with E-state index in [1.54, 1.807) is 10.9 Å². The molecule has 0 saturated heterocycles. The number of hydrogen-bond donors (Lipinski definition) is 2. The molecule has 3 N–H and O–H groups in total. The second-order valence-corrected chi connectivity index (χ2v) is 4.79. The van der Waals surface area contributed by atoms with E-state index in [0.29, 0.717) is 5.69 Å². The fourth-order valence-electron chi connectivity index (χ4n) is 1.99. The summed E-state index contributed by atoms with van der Waals surface area (Å²) in [6.07, 6.45) is 1.71. The van der Waals surface area contributed by atoms with E-state index >= 15 is 0 Å². The molecule has 1 atom stereocenters. The number of pyridine rings is 1. The first kappa shape index (κ1) is 14.0. The summed E-state index contributed by atoms with van der Waals surface area (Å²) in [4.78, 5) is 16.2. The van der Waals surface area contributed by atoms with Crippen molar-refractivity contribution in [3.05, 3.63) is 41.5 Å². The number of carbonyl (C=O) groups is 1. The third kappa shape index (κ3) is 2.96. The molecule has 6 heteroatoms. The van der Waals surface area contributed by atoms with Crippen LogP contribution in [-0.4, -0.2) is 20.7 Å². The van der Waals surface area contributed by atoms with Crippen molar-refractivity contribution in [1.29, 1.82) is 0 Å². The molecule has 1 unspecified atom stereocenters. The monoisotopic (exact) mass is 273 g/mol. The van der Waals surface area contributed by atoms with Crippen molar-refractivity contribution < 1.29 is 4.79 Å². The van der Waals surface area contributed by atoms with Crippen molar-refractivity contribution in [2.24, 2.45) is 0 Å². The van der Waals surface area contributed by atoms with Gasteiger partial charge in [-0.15, -0.1) is 0 Å². The van der Waals surface area contributed by atoms with Gasteiger partial charge in [-0.1, -0.05) is 6.07 Å². The van der Waals surface area contributed by atoms with Crippen LogP contribution >= 0.6 is 0 Å². The molecule has 0 fully saturated rings. The second kappa shape index (κ2) is 5.73. The number of aromatic nitrogens is 3. The Morgan fingerprint density at radius 1 is 1.45 bits per heavy atom. The van der Waals surface area contributed by atoms with Gasteiger partial charge in [0.2, 0.25) is 5.91 Å². The van der Waals surface area contributed by atoms with Crippen LogP contribution in [0.3, 0.4) is 0 Å². The van der Waals surface area contributed by atoms with Crippen LogP contribution in [0.4, 0.5) is 5.69 Å². The topological polar surface area (TPSA) is 85.8 Å². The molecule has 0 radical (unpaired) electrons. The number of aryl methyl sites for hydroxylation is 1. The number of anilines is 1. The summed E-state index contributed by atoms with van der Waals surface area (Å²) in [5, 5.41) is 7.14. The lowest BCUT2D eigenvalue weighted by Crippen LogP contribution is -2.31. The van der Waals surface area contributed by atoms with Crippen LogP contribution in [0.15, 0.2) is 24.4 Å². The molecule has 0 spiro atoms. The van der Waals surface area contributed by atoms with Crippen LogP contribution in [0.2, 0.25) is 0 Å². The number of hydrogen-bond acceptors (Lipinski definition) is 4. The first-order chi connectivity index (χ1) is 9.49. The maximum atomic E-state index is 12.0. The third-order valence-electron chi connectivity index (χ3n) is 3.24. The zero-order chi connectivity index (χ0) is 14.7. The number of nitrogens with one attached hydrogen (secondary N) is 1. The molecule has 20 heavy (non-hydrogen) atoms. The average Bonchev–Trinajstić information content (AvgIpc) is 2.67. The minimum Gasteiger partial charge on any atom is -0.396 e. The average molecular weight is 273 g/mol. The van der Waals surface area contributed by atoms with E-state index in [2.05, 4.69) is 15.4 Å². The predicted molar refractivity (Wildman–Crippen MR) is 76.9 cm³/mol. The van der Waals surface area contributed by atoms with Gasteiger partial charge < -0.3 is 11.1 Å². The number of rotatable bonds is 4. The van der Waals surface area contributed by atoms with E-state index in [4.69, 9.17) is 5.73 Å². The fourth-order valence-corrected chi connectivity index (χ4v) is 1.99. The Hall–Kier alpha value is -2.37. The smallest absolute Gasteiger partial charge is 0.242 e. The molecular weight excluding hydrogens is 254 g/mol. The van der Waals surface area contributed by atoms with Gasteiger partial charge in [-0.05, 0) is 32.9 Å². The zero-order valence-corrected chi connectivity index (χ0v) is 11.9. The molecule has 0 aliphatic rings. The van der Waals surface area contributed by atoms with Crippen molar-refractivity contribution in [2.45, 2.75) is 33.4 Å². The molecule has 0 aliphatic carbocycles. The quantitative estimate of drug-likeness (QED) is 0.880. The van der Waals surface area contributed by atoms with Gasteiger partial charge in [0.25, 0.3) is 0 Å². The largest absolute Gasteiger partial charge is 0.396 e. The molecule has 2 aromatic rings. The van der Waals surface area contributed by atoms with Crippen LogP contribution in [-0.2, 0) is 11.3 Å². The van der Waals surface area contributed by atoms with Crippen LogP contribution in [0, 0.1) is 13.8 Å². The number of nitrogens with zero attached hydrogens (tertiary/aromatic N) is 3. The molecule has 6 nitrogen and oxygen atoms in total. The molecule has 0 bridgehead atoms. The van der Waals surface area contributed by atoms with E-state index in [1.165, 1.54) is 0 Å². The lowest BCUT2D eigenvalue weighted by Gasteiger charge is -2.13. The molecule has 1 amide bonds. The van der Waals surface area contributed by atoms with Crippen LogP contribution in [0.25, 0.3) is 0 Å². The summed E-state index contributed by atoms with van der Waals surface area (Å²) in [6, 6.07) is 5.48. The molecule has 2 heterocycles. The van der Waals surface area contributed by atoms with Gasteiger partial charge in [0.05, 0.1) is 28.8 Å². The molecular formula is C14H19N5O. The molecule has 2 aromatic heterocycles. The van der Waals surface area contributed by atoms with Gasteiger partial charge in [0.1, 0.15) is 6.54 Å². The first-order valence-electron chi connectivity index (χ1n) is 6.48. The number of nitrogen functional groups attached to an aromatic ring is 1. The minimum absolute atomic E-state index is 0.117. The van der Waals surface area contributed by atoms with Crippen molar-refractivity contribution in [2.75, 3.05) is 5.73 Å². The highest BCUT2D eigenvalue weighted by Gasteiger charge is 2.14.